The fourth-order valence-corrected chi connectivity index (χ4v) is 4.16. The second-order valence-corrected chi connectivity index (χ2v) is 8.01. The summed E-state index contributed by atoms with van der Waals surface area (Å²) >= 11 is 0. The number of allylic oxidation sites excluding steroid dienone is 3. The predicted molar refractivity (Wildman–Crippen MR) is 94.3 cm³/mol. The first-order valence-electron chi connectivity index (χ1n) is 9.50. The van der Waals surface area contributed by atoms with Gasteiger partial charge in [0.25, 0.3) is 0 Å². The van der Waals surface area contributed by atoms with Crippen molar-refractivity contribution in [1.82, 2.24) is 0 Å². The van der Waals surface area contributed by atoms with Gasteiger partial charge in [0.15, 0.2) is 0 Å². The van der Waals surface area contributed by atoms with Gasteiger partial charge in [-0.1, -0.05) is 70.6 Å². The summed E-state index contributed by atoms with van der Waals surface area (Å²) in [4.78, 5) is 0. The molecule has 2 aliphatic rings. The third kappa shape index (κ3) is 6.41. The van der Waals surface area contributed by atoms with Gasteiger partial charge in [0.05, 0.1) is 0 Å². The highest BCUT2D eigenvalue weighted by atomic mass is 14.3. The van der Waals surface area contributed by atoms with Gasteiger partial charge in [-0.3, -0.25) is 0 Å². The molecule has 0 amide bonds. The average molecular weight is 289 g/mol. The Balaban J connectivity index is 1.57. The van der Waals surface area contributed by atoms with Crippen molar-refractivity contribution in [2.45, 2.75) is 78.1 Å². The predicted octanol–water partition coefficient (Wildman–Crippen LogP) is 6.78. The standard InChI is InChI=1S/C21H36/c1-4-18(9-5-8-17(2)3)10-6-11-19-12-7-13-21(16-19)20-14-15-20/h4,14-15,17-21H,1,5-13,16H2,2-3H3. The summed E-state index contributed by atoms with van der Waals surface area (Å²) < 4.78 is 0. The molecule has 3 unspecified atom stereocenters. The molecule has 1 fully saturated rings. The van der Waals surface area contributed by atoms with Crippen molar-refractivity contribution in [3.8, 4) is 0 Å². The molecule has 0 heteroatoms. The van der Waals surface area contributed by atoms with Crippen LogP contribution in [0.1, 0.15) is 78.1 Å². The summed E-state index contributed by atoms with van der Waals surface area (Å²) in [6.07, 6.45) is 21.4. The lowest BCUT2D eigenvalue weighted by Gasteiger charge is -2.29. The maximum Gasteiger partial charge on any atom is -0.00247 e. The number of hydrogen-bond acceptors (Lipinski definition) is 0. The Hall–Kier alpha value is -0.520. The van der Waals surface area contributed by atoms with E-state index in [4.69, 9.17) is 0 Å². The van der Waals surface area contributed by atoms with E-state index >= 15 is 0 Å². The van der Waals surface area contributed by atoms with Gasteiger partial charge in [0.2, 0.25) is 0 Å². The smallest absolute Gasteiger partial charge is 0.00247 e. The maximum atomic E-state index is 4.06. The highest BCUT2D eigenvalue weighted by Crippen LogP contribution is 2.41. The molecule has 0 heterocycles. The molecule has 120 valence electrons. The van der Waals surface area contributed by atoms with Crippen molar-refractivity contribution in [3.63, 3.8) is 0 Å². The van der Waals surface area contributed by atoms with Crippen molar-refractivity contribution in [2.75, 3.05) is 0 Å². The van der Waals surface area contributed by atoms with Gasteiger partial charge in [-0.15, -0.1) is 6.58 Å². The van der Waals surface area contributed by atoms with E-state index in [9.17, 15) is 0 Å². The van der Waals surface area contributed by atoms with Gasteiger partial charge < -0.3 is 0 Å². The minimum absolute atomic E-state index is 0.772. The Bertz CT molecular complexity index is 319. The third-order valence-electron chi connectivity index (χ3n) is 5.66. The first-order valence-corrected chi connectivity index (χ1v) is 9.50. The molecule has 0 aromatic rings. The zero-order chi connectivity index (χ0) is 15.1. The zero-order valence-corrected chi connectivity index (χ0v) is 14.4. The molecule has 2 rings (SSSR count). The quantitative estimate of drug-likeness (QED) is 0.389. The SMILES string of the molecule is C=CC(CCCC(C)C)CCCC1CCCC(C2C=C2)C1. The fourth-order valence-electron chi connectivity index (χ4n) is 4.16. The molecular weight excluding hydrogens is 252 g/mol. The van der Waals surface area contributed by atoms with Crippen molar-refractivity contribution in [1.29, 1.82) is 0 Å². The van der Waals surface area contributed by atoms with Crippen LogP contribution in [0.5, 0.6) is 0 Å². The molecule has 0 spiro atoms. The molecule has 0 aromatic carbocycles. The molecule has 0 aromatic heterocycles. The molecule has 21 heavy (non-hydrogen) atoms. The van der Waals surface area contributed by atoms with Gasteiger partial charge in [0.1, 0.15) is 0 Å². The first-order chi connectivity index (χ1) is 10.2. The van der Waals surface area contributed by atoms with Crippen LogP contribution >= 0.6 is 0 Å². The molecule has 0 N–H and O–H groups in total. The minimum atomic E-state index is 0.772. The van der Waals surface area contributed by atoms with E-state index in [2.05, 4.69) is 38.7 Å². The fraction of sp³-hybridized carbons (Fsp3) is 0.810. The Kier molecular flexibility index (Phi) is 7.07. The van der Waals surface area contributed by atoms with Crippen LogP contribution in [0.4, 0.5) is 0 Å². The first kappa shape index (κ1) is 16.8. The van der Waals surface area contributed by atoms with Crippen LogP contribution in [-0.4, -0.2) is 0 Å². The van der Waals surface area contributed by atoms with Crippen molar-refractivity contribution in [3.05, 3.63) is 24.8 Å². The molecule has 3 atom stereocenters. The largest absolute Gasteiger partial charge is 0.103 e. The van der Waals surface area contributed by atoms with E-state index in [-0.39, 0.29) is 0 Å². The van der Waals surface area contributed by atoms with Crippen molar-refractivity contribution < 1.29 is 0 Å². The van der Waals surface area contributed by atoms with Crippen molar-refractivity contribution >= 4 is 0 Å². The second kappa shape index (κ2) is 8.81. The molecule has 0 saturated heterocycles. The Morgan fingerprint density at radius 1 is 1.10 bits per heavy atom. The minimum Gasteiger partial charge on any atom is -0.103 e. The summed E-state index contributed by atoms with van der Waals surface area (Å²) in [7, 11) is 0. The number of rotatable bonds is 10. The van der Waals surface area contributed by atoms with E-state index in [1.54, 1.807) is 0 Å². The molecule has 0 aliphatic heterocycles. The van der Waals surface area contributed by atoms with E-state index in [1.807, 2.05) is 0 Å². The monoisotopic (exact) mass is 288 g/mol. The second-order valence-electron chi connectivity index (χ2n) is 8.01. The van der Waals surface area contributed by atoms with Crippen LogP contribution in [0.2, 0.25) is 0 Å². The molecule has 0 bridgehead atoms. The van der Waals surface area contributed by atoms with Gasteiger partial charge >= 0.3 is 0 Å². The van der Waals surface area contributed by atoms with Crippen LogP contribution in [-0.2, 0) is 0 Å². The van der Waals surface area contributed by atoms with Crippen molar-refractivity contribution in [2.24, 2.45) is 29.6 Å². The van der Waals surface area contributed by atoms with E-state index in [0.29, 0.717) is 0 Å². The Labute approximate surface area is 133 Å². The molecule has 0 nitrogen and oxygen atoms in total. The van der Waals surface area contributed by atoms with Gasteiger partial charge in [0, 0.05) is 0 Å². The van der Waals surface area contributed by atoms with Crippen LogP contribution in [0, 0.1) is 29.6 Å². The molecule has 0 radical (unpaired) electrons. The van der Waals surface area contributed by atoms with E-state index in [0.717, 1.165) is 29.6 Å². The third-order valence-corrected chi connectivity index (χ3v) is 5.66. The summed E-state index contributed by atoms with van der Waals surface area (Å²) in [5, 5.41) is 0. The molecule has 1 saturated carbocycles. The highest BCUT2D eigenvalue weighted by Gasteiger charge is 2.29. The maximum absolute atomic E-state index is 4.06. The Morgan fingerprint density at radius 2 is 1.86 bits per heavy atom. The van der Waals surface area contributed by atoms with E-state index in [1.165, 1.54) is 64.2 Å². The van der Waals surface area contributed by atoms with Gasteiger partial charge in [-0.2, -0.15) is 0 Å². The van der Waals surface area contributed by atoms with Crippen LogP contribution in [0.25, 0.3) is 0 Å². The lowest BCUT2D eigenvalue weighted by atomic mass is 9.76. The highest BCUT2D eigenvalue weighted by molar-refractivity contribution is 5.16. The molecule has 2 aliphatic carbocycles. The van der Waals surface area contributed by atoms with Gasteiger partial charge in [-0.05, 0) is 55.3 Å². The summed E-state index contributed by atoms with van der Waals surface area (Å²) in [5.41, 5.74) is 0. The summed E-state index contributed by atoms with van der Waals surface area (Å²) in [6.45, 7) is 8.72. The average Bonchev–Trinajstić information content (AvgIpc) is 3.30. The van der Waals surface area contributed by atoms with E-state index < -0.39 is 0 Å². The lowest BCUT2D eigenvalue weighted by Crippen LogP contribution is -2.17. The van der Waals surface area contributed by atoms with Crippen LogP contribution < -0.4 is 0 Å². The Morgan fingerprint density at radius 3 is 2.52 bits per heavy atom. The van der Waals surface area contributed by atoms with Crippen LogP contribution in [0.15, 0.2) is 24.8 Å². The summed E-state index contributed by atoms with van der Waals surface area (Å²) in [5.74, 6) is 4.54. The normalized spacial score (nSPS) is 27.0. The topological polar surface area (TPSA) is 0 Å². The van der Waals surface area contributed by atoms with Gasteiger partial charge in [-0.25, -0.2) is 0 Å². The summed E-state index contributed by atoms with van der Waals surface area (Å²) in [6, 6.07) is 0. The lowest BCUT2D eigenvalue weighted by molar-refractivity contribution is 0.234. The number of hydrogen-bond donors (Lipinski definition) is 0. The zero-order valence-electron chi connectivity index (χ0n) is 14.4. The molecular formula is C21H36. The van der Waals surface area contributed by atoms with Crippen LogP contribution in [0.3, 0.4) is 0 Å².